The Morgan fingerprint density at radius 3 is 1.80 bits per heavy atom. The van der Waals surface area contributed by atoms with Gasteiger partial charge in [-0.3, -0.25) is 52.7 Å². The Bertz CT molecular complexity index is 4530. The average Bonchev–Trinajstić information content (AvgIpc) is 1.67. The molecule has 3 aliphatic rings. The van der Waals surface area contributed by atoms with E-state index in [1.54, 1.807) is 71.0 Å². The van der Waals surface area contributed by atoms with Crippen LogP contribution in [0.5, 0.6) is 5.75 Å². The summed E-state index contributed by atoms with van der Waals surface area (Å²) in [6, 6.07) is 10.9. The summed E-state index contributed by atoms with van der Waals surface area (Å²) in [7, 11) is 1.47. The van der Waals surface area contributed by atoms with Crippen LogP contribution < -0.4 is 47.3 Å². The molecule has 2 saturated heterocycles. The zero-order valence-corrected chi connectivity index (χ0v) is 64.3. The van der Waals surface area contributed by atoms with Gasteiger partial charge in [0.05, 0.1) is 37.0 Å². The van der Waals surface area contributed by atoms with Gasteiger partial charge in [0, 0.05) is 91.5 Å². The second-order valence-corrected chi connectivity index (χ2v) is 30.7. The van der Waals surface area contributed by atoms with Gasteiger partial charge < -0.3 is 76.5 Å². The lowest BCUT2D eigenvalue weighted by molar-refractivity contribution is -0.148. The molecular formula is C81H99F3N12O15. The lowest BCUT2D eigenvalue weighted by Gasteiger charge is -2.38. The molecule has 2 aliphatic heterocycles. The summed E-state index contributed by atoms with van der Waals surface area (Å²) in [5.41, 5.74) is 1.19. The third-order valence-corrected chi connectivity index (χ3v) is 20.1. The number of Topliss-reactive ketones (excluding diaryl/α,β-unsaturated/α-hetero) is 3. The normalized spacial score (nSPS) is 18.8. The monoisotopic (exact) mass is 1540 g/mol. The van der Waals surface area contributed by atoms with Crippen molar-refractivity contribution in [2.75, 3.05) is 33.4 Å². The summed E-state index contributed by atoms with van der Waals surface area (Å²) < 4.78 is 62.9. The number of amides is 9. The number of likely N-dealkylation sites (tertiary alicyclic amines) is 2. The number of rotatable bonds is 32. The van der Waals surface area contributed by atoms with Crippen LogP contribution in [0.3, 0.4) is 0 Å². The molecule has 10 atom stereocenters. The average molecular weight is 1540 g/mol. The summed E-state index contributed by atoms with van der Waals surface area (Å²) in [5.74, 6) is -8.78. The van der Waals surface area contributed by atoms with E-state index in [1.165, 1.54) is 87.6 Å². The molecule has 0 bridgehead atoms. The highest BCUT2D eigenvalue weighted by Crippen LogP contribution is 2.36. The van der Waals surface area contributed by atoms with Gasteiger partial charge >= 0.3 is 6.09 Å². The van der Waals surface area contributed by atoms with Crippen molar-refractivity contribution in [2.45, 2.75) is 199 Å². The van der Waals surface area contributed by atoms with E-state index in [2.05, 4.69) is 59.1 Å². The molecule has 10 N–H and O–H groups in total. The molecule has 594 valence electrons. The fourth-order valence-corrected chi connectivity index (χ4v) is 14.3. The van der Waals surface area contributed by atoms with Crippen molar-refractivity contribution in [3.05, 3.63) is 161 Å². The Labute approximate surface area is 641 Å². The minimum atomic E-state index is -1.88. The van der Waals surface area contributed by atoms with Crippen LogP contribution in [0.4, 0.5) is 18.0 Å². The first-order chi connectivity index (χ1) is 52.4. The molecule has 9 amide bonds. The standard InChI is InChI=1S/C81H99F3N12O15/c1-13-29-110-78(108)88-42-68(100)89-45(3)71(101)90-62(32-51-40-86-59-25-21-53(82)34-57(51)59)72(102)91-64(33-52-41-87-60-26-22-54(83)35-58(52)60)75(105)95-43-55(84)36-65(95)73(103)94-70(47(5)111-79(6,7)8)74(104)92-63(31-49-19-23-56(109-12)24-20-49)76(106)96-28-14-27-81(96,11)77(107)93-61(46(4)97)30-48-15-17-50(18-16-48)39-85-44(2)69-66(98)37-80(9,10)38-67(69)99/h13,15-26,34-35,40-41,45,47,55,61-65,70,85-87H,1,14,27-33,36-39,42-43H2,2-12H3,(H,88,108)(H,89,100)(H,90,101)(H,91,102)(H,92,104)(H,93,107)(H,94,103)/t45-,47-,55+,61+,62+,63+,64+,65+,70+,81+/m1/s1. The number of hydrogen-bond acceptors (Lipinski definition) is 16. The van der Waals surface area contributed by atoms with Crippen molar-refractivity contribution in [1.82, 2.24) is 62.3 Å². The zero-order chi connectivity index (χ0) is 81.0. The van der Waals surface area contributed by atoms with Gasteiger partial charge in [-0.15, -0.1) is 0 Å². The van der Waals surface area contributed by atoms with Crippen LogP contribution in [0.2, 0.25) is 0 Å². The number of hydrogen-bond donors (Lipinski definition) is 10. The van der Waals surface area contributed by atoms with E-state index < -0.39 is 162 Å². The summed E-state index contributed by atoms with van der Waals surface area (Å²) in [6.07, 6.45) is -0.312. The highest BCUT2D eigenvalue weighted by atomic mass is 19.1. The van der Waals surface area contributed by atoms with Crippen LogP contribution in [-0.4, -0.2) is 190 Å². The zero-order valence-electron chi connectivity index (χ0n) is 64.3. The predicted octanol–water partition coefficient (Wildman–Crippen LogP) is 6.48. The molecule has 4 aromatic carbocycles. The first-order valence-electron chi connectivity index (χ1n) is 36.9. The maximum absolute atomic E-state index is 16.4. The number of aromatic amines is 2. The van der Waals surface area contributed by atoms with Crippen LogP contribution in [0.25, 0.3) is 21.8 Å². The molecule has 4 heterocycles. The molecule has 2 aromatic heterocycles. The maximum atomic E-state index is 16.4. The second kappa shape index (κ2) is 36.1. The van der Waals surface area contributed by atoms with Crippen molar-refractivity contribution in [3.8, 4) is 5.75 Å². The van der Waals surface area contributed by atoms with Crippen LogP contribution in [0.1, 0.15) is 129 Å². The van der Waals surface area contributed by atoms with Crippen LogP contribution in [0, 0.1) is 17.0 Å². The topological polar surface area (TPSA) is 367 Å². The van der Waals surface area contributed by atoms with E-state index in [9.17, 15) is 38.0 Å². The number of methoxy groups -OCH3 is 1. The number of fused-ring (bicyclic) bond motifs is 2. The fraction of sp³-hybridized carbons (Fsp3) is 0.457. The smallest absolute Gasteiger partial charge is 0.407 e. The van der Waals surface area contributed by atoms with Gasteiger partial charge in [0.1, 0.15) is 78.5 Å². The summed E-state index contributed by atoms with van der Waals surface area (Å²) in [6.45, 7) is 18.6. The first kappa shape index (κ1) is 83.9. The molecule has 0 spiro atoms. The van der Waals surface area contributed by atoms with Gasteiger partial charge in [0.25, 0.3) is 0 Å². The number of benzene rings is 4. The van der Waals surface area contributed by atoms with Gasteiger partial charge in [-0.25, -0.2) is 18.0 Å². The Morgan fingerprint density at radius 1 is 0.676 bits per heavy atom. The van der Waals surface area contributed by atoms with E-state index in [4.69, 9.17) is 14.2 Å². The quantitative estimate of drug-likeness (QED) is 0.0123. The highest BCUT2D eigenvalue weighted by Gasteiger charge is 2.50. The first-order valence-corrected chi connectivity index (χ1v) is 36.9. The number of nitrogens with one attached hydrogen (secondary N) is 10. The molecule has 111 heavy (non-hydrogen) atoms. The van der Waals surface area contributed by atoms with Crippen LogP contribution in [0.15, 0.2) is 121 Å². The Balaban J connectivity index is 0.962. The Hall–Kier alpha value is -11.2. The molecule has 9 rings (SSSR count). The molecular weight excluding hydrogens is 1440 g/mol. The fourth-order valence-electron chi connectivity index (χ4n) is 14.3. The third kappa shape index (κ3) is 21.7. The second-order valence-electron chi connectivity index (χ2n) is 30.7. The van der Waals surface area contributed by atoms with E-state index >= 15 is 32.8 Å². The molecule has 6 aromatic rings. The number of alkyl halides is 1. The van der Waals surface area contributed by atoms with Gasteiger partial charge in [0.15, 0.2) is 17.3 Å². The lowest BCUT2D eigenvalue weighted by atomic mass is 9.73. The van der Waals surface area contributed by atoms with E-state index in [0.29, 0.717) is 57.5 Å². The number of ketones is 3. The van der Waals surface area contributed by atoms with Crippen molar-refractivity contribution in [3.63, 3.8) is 0 Å². The van der Waals surface area contributed by atoms with Gasteiger partial charge in [0.2, 0.25) is 47.3 Å². The largest absolute Gasteiger partial charge is 0.497 e. The minimum absolute atomic E-state index is 0.0449. The molecule has 0 unspecified atom stereocenters. The molecule has 1 saturated carbocycles. The lowest BCUT2D eigenvalue weighted by Crippen LogP contribution is -2.64. The number of carbonyl (C=O) groups is 12. The van der Waals surface area contributed by atoms with Crippen molar-refractivity contribution in [2.24, 2.45) is 5.41 Å². The van der Waals surface area contributed by atoms with E-state index in [1.807, 2.05) is 26.0 Å². The summed E-state index contributed by atoms with van der Waals surface area (Å²) in [5, 5.41) is 22.2. The molecule has 3 fully saturated rings. The Morgan fingerprint density at radius 2 is 1.23 bits per heavy atom. The van der Waals surface area contributed by atoms with Crippen LogP contribution in [-0.2, 0) is 94.4 Å². The maximum Gasteiger partial charge on any atom is 0.407 e. The number of carbonyl (C=O) groups excluding carboxylic acids is 12. The molecule has 1 aliphatic carbocycles. The van der Waals surface area contributed by atoms with E-state index in [0.717, 1.165) is 10.5 Å². The number of nitrogens with zero attached hydrogens (tertiary/aromatic N) is 2. The minimum Gasteiger partial charge on any atom is -0.497 e. The number of aromatic nitrogens is 2. The van der Waals surface area contributed by atoms with Crippen LogP contribution >= 0.6 is 0 Å². The van der Waals surface area contributed by atoms with Gasteiger partial charge in [-0.1, -0.05) is 62.9 Å². The van der Waals surface area contributed by atoms with Crippen molar-refractivity contribution < 1.29 is 84.9 Å². The number of allylic oxidation sites excluding steroid dienone is 2. The number of H-pyrrole nitrogens is 2. The Kier molecular flexibility index (Phi) is 27.3. The van der Waals surface area contributed by atoms with Crippen molar-refractivity contribution >= 4 is 92.5 Å². The predicted molar refractivity (Wildman–Crippen MR) is 405 cm³/mol. The SMILES string of the molecule is C=CCOC(=O)NCC(=O)N[C@H](C)C(=O)N[C@@H](Cc1c[nH]c2ccc(F)cc12)C(=O)N[C@@H](Cc1c[nH]c2ccc(F)cc12)C(=O)N1C[C@@H](F)C[C@H]1C(=O)N[C@H](C(=O)N[C@@H](Cc1ccc(OC)cc1)C(=O)N1CCC[C@@]1(C)C(=O)N[C@@H](Cc1ccc(CNC(C)=C2C(=O)CC(C)(C)CC2=O)cc1)C(C)=O)[C@@H](C)OC(C)(C)C. The van der Waals surface area contributed by atoms with Gasteiger partial charge in [-0.05, 0) is 156 Å². The third-order valence-electron chi connectivity index (χ3n) is 20.1. The number of ether oxygens (including phenoxy) is 3. The summed E-state index contributed by atoms with van der Waals surface area (Å²) in [4.78, 5) is 178. The highest BCUT2D eigenvalue weighted by molar-refractivity contribution is 6.22. The van der Waals surface area contributed by atoms with Crippen molar-refractivity contribution in [1.29, 1.82) is 0 Å². The van der Waals surface area contributed by atoms with E-state index in [-0.39, 0.29) is 85.5 Å². The number of halogens is 3. The molecule has 30 heteroatoms. The molecule has 0 radical (unpaired) electrons. The number of alkyl carbamates (subject to hydrolysis) is 1. The van der Waals surface area contributed by atoms with Gasteiger partial charge in [-0.2, -0.15) is 0 Å². The molecule has 27 nitrogen and oxygen atoms in total. The summed E-state index contributed by atoms with van der Waals surface area (Å²) >= 11 is 0.